The summed E-state index contributed by atoms with van der Waals surface area (Å²) in [6.07, 6.45) is 3.70. The molecule has 0 bridgehead atoms. The third-order valence-electron chi connectivity index (χ3n) is 8.36. The van der Waals surface area contributed by atoms with Gasteiger partial charge in [0.05, 0.1) is 0 Å². The Morgan fingerprint density at radius 3 is 2.27 bits per heavy atom. The first-order valence-electron chi connectivity index (χ1n) is 14.9. The molecule has 0 saturated heterocycles. The molecule has 6 N–H and O–H groups in total. The number of carbonyl (C=O) groups excluding carboxylic acids is 3. The number of nitrogens with zero attached hydrogens (tertiary/aromatic N) is 3. The number of aromatic nitrogens is 4. The monoisotopic (exact) mass is 594 g/mol. The van der Waals surface area contributed by atoms with Gasteiger partial charge in [-0.25, -0.2) is 0 Å². The second-order valence-electron chi connectivity index (χ2n) is 11.3. The number of amides is 3. The summed E-state index contributed by atoms with van der Waals surface area (Å²) in [6.45, 7) is 2.61. The Hall–Kier alpha value is -4.90. The zero-order valence-electron chi connectivity index (χ0n) is 25.0. The third kappa shape index (κ3) is 7.35. The van der Waals surface area contributed by atoms with Gasteiger partial charge >= 0.3 is 0 Å². The van der Waals surface area contributed by atoms with Crippen LogP contribution in [-0.2, 0) is 16.0 Å². The van der Waals surface area contributed by atoms with E-state index in [0.29, 0.717) is 36.0 Å². The van der Waals surface area contributed by atoms with Crippen molar-refractivity contribution in [1.82, 2.24) is 31.3 Å². The first-order chi connectivity index (χ1) is 21.3. The van der Waals surface area contributed by atoms with Crippen LogP contribution in [0.15, 0.2) is 66.7 Å². The molecule has 1 fully saturated rings. The van der Waals surface area contributed by atoms with E-state index in [1.165, 1.54) is 0 Å². The van der Waals surface area contributed by atoms with E-state index in [0.717, 1.165) is 53.5 Å². The van der Waals surface area contributed by atoms with Gasteiger partial charge in [0, 0.05) is 36.2 Å². The summed E-state index contributed by atoms with van der Waals surface area (Å²) in [5.74, 6) is 0.249. The molecule has 1 aromatic heterocycles. The fourth-order valence-electron chi connectivity index (χ4n) is 5.70. The SMILES string of the molecule is CNC(=O)c1ccc(-c2ccc(C[C@H](NC(=O)C3CCC(CN)CC3)C(=O)Nc3ccc(-c4nn[nH]n4)cc3)cc2)c(C)c1. The Kier molecular flexibility index (Phi) is 9.75. The molecule has 4 aromatic rings. The molecule has 0 aliphatic heterocycles. The summed E-state index contributed by atoms with van der Waals surface area (Å²) in [5.41, 5.74) is 11.7. The largest absolute Gasteiger partial charge is 0.355 e. The van der Waals surface area contributed by atoms with Crippen molar-refractivity contribution >= 4 is 23.4 Å². The lowest BCUT2D eigenvalue weighted by atomic mass is 9.81. The summed E-state index contributed by atoms with van der Waals surface area (Å²) in [5, 5.41) is 22.6. The number of nitrogens with two attached hydrogens (primary N) is 1. The highest BCUT2D eigenvalue weighted by Gasteiger charge is 2.29. The lowest BCUT2D eigenvalue weighted by molar-refractivity contribution is -0.130. The summed E-state index contributed by atoms with van der Waals surface area (Å²) in [7, 11) is 1.61. The van der Waals surface area contributed by atoms with Crippen LogP contribution < -0.4 is 21.7 Å². The van der Waals surface area contributed by atoms with Crippen molar-refractivity contribution in [2.75, 3.05) is 18.9 Å². The molecular weight excluding hydrogens is 556 g/mol. The van der Waals surface area contributed by atoms with Crippen molar-refractivity contribution < 1.29 is 14.4 Å². The van der Waals surface area contributed by atoms with Gasteiger partial charge < -0.3 is 21.7 Å². The topological polar surface area (TPSA) is 168 Å². The molecule has 3 amide bonds. The molecule has 0 radical (unpaired) electrons. The molecule has 1 atom stereocenters. The minimum Gasteiger partial charge on any atom is -0.355 e. The van der Waals surface area contributed by atoms with Gasteiger partial charge in [-0.1, -0.05) is 30.3 Å². The fraction of sp³-hybridized carbons (Fsp3) is 0.333. The van der Waals surface area contributed by atoms with E-state index in [1.807, 2.05) is 43.3 Å². The number of benzene rings is 3. The van der Waals surface area contributed by atoms with Crippen LogP contribution in [0.1, 0.15) is 47.2 Å². The van der Waals surface area contributed by atoms with Gasteiger partial charge in [-0.15, -0.1) is 10.2 Å². The molecule has 44 heavy (non-hydrogen) atoms. The number of aromatic amines is 1. The van der Waals surface area contributed by atoms with Crippen LogP contribution in [0.4, 0.5) is 5.69 Å². The number of anilines is 1. The quantitative estimate of drug-likeness (QED) is 0.187. The molecular formula is C33H38N8O3. The predicted octanol–water partition coefficient (Wildman–Crippen LogP) is 3.63. The minimum atomic E-state index is -0.772. The van der Waals surface area contributed by atoms with Gasteiger partial charge in [0.2, 0.25) is 17.6 Å². The molecule has 1 heterocycles. The van der Waals surface area contributed by atoms with Crippen LogP contribution in [0, 0.1) is 18.8 Å². The minimum absolute atomic E-state index is 0.100. The number of hydrogen-bond donors (Lipinski definition) is 5. The zero-order valence-corrected chi connectivity index (χ0v) is 25.0. The zero-order chi connectivity index (χ0) is 31.1. The van der Waals surface area contributed by atoms with Crippen LogP contribution in [-0.4, -0.2) is 58.0 Å². The Bertz CT molecular complexity index is 1580. The molecule has 5 rings (SSSR count). The highest BCUT2D eigenvalue weighted by atomic mass is 16.2. The molecule has 3 aromatic carbocycles. The van der Waals surface area contributed by atoms with Crippen LogP contribution >= 0.6 is 0 Å². The molecule has 228 valence electrons. The normalized spacial score (nSPS) is 17.0. The lowest BCUT2D eigenvalue weighted by Crippen LogP contribution is -2.48. The van der Waals surface area contributed by atoms with Crippen LogP contribution in [0.5, 0.6) is 0 Å². The molecule has 0 unspecified atom stereocenters. The molecule has 11 nitrogen and oxygen atoms in total. The van der Waals surface area contributed by atoms with E-state index in [2.05, 4.69) is 36.6 Å². The Balaban J connectivity index is 1.31. The standard InChI is InChI=1S/C33H38N8O3/c1-20-17-26(31(42)35-2)13-16-28(20)23-7-3-21(4-8-23)18-29(37-32(43)25-9-5-22(19-34)6-10-25)33(44)36-27-14-11-24(12-15-27)30-38-40-41-39-30/h3-4,7-8,11-17,22,25,29H,5-6,9-10,18-19,34H2,1-2H3,(H,35,42)(H,36,44)(H,37,43)(H,38,39,40,41)/t22?,25?,29-/m0/s1. The Morgan fingerprint density at radius 2 is 1.66 bits per heavy atom. The van der Waals surface area contributed by atoms with Crippen LogP contribution in [0.25, 0.3) is 22.5 Å². The van der Waals surface area contributed by atoms with E-state index in [9.17, 15) is 14.4 Å². The number of rotatable bonds is 10. The summed E-state index contributed by atoms with van der Waals surface area (Å²) in [4.78, 5) is 38.9. The number of carbonyl (C=O) groups is 3. The summed E-state index contributed by atoms with van der Waals surface area (Å²) in [6, 6.07) is 19.9. The molecule has 1 aliphatic rings. The van der Waals surface area contributed by atoms with E-state index in [-0.39, 0.29) is 23.6 Å². The molecule has 1 aliphatic carbocycles. The maximum Gasteiger partial charge on any atom is 0.251 e. The lowest BCUT2D eigenvalue weighted by Gasteiger charge is -2.28. The first kappa shape index (κ1) is 30.6. The van der Waals surface area contributed by atoms with E-state index < -0.39 is 6.04 Å². The Morgan fingerprint density at radius 1 is 0.955 bits per heavy atom. The number of nitrogens with one attached hydrogen (secondary N) is 4. The van der Waals surface area contributed by atoms with Gasteiger partial charge in [-0.3, -0.25) is 14.4 Å². The van der Waals surface area contributed by atoms with Gasteiger partial charge in [0.15, 0.2) is 0 Å². The predicted molar refractivity (Wildman–Crippen MR) is 168 cm³/mol. The van der Waals surface area contributed by atoms with E-state index in [4.69, 9.17) is 5.73 Å². The maximum absolute atomic E-state index is 13.6. The van der Waals surface area contributed by atoms with Crippen molar-refractivity contribution in [3.8, 4) is 22.5 Å². The molecule has 0 spiro atoms. The molecule has 1 saturated carbocycles. The number of H-pyrrole nitrogens is 1. The second kappa shape index (κ2) is 14.0. The average Bonchev–Trinajstić information content (AvgIpc) is 3.60. The number of aryl methyl sites for hydroxylation is 1. The molecule has 11 heteroatoms. The summed E-state index contributed by atoms with van der Waals surface area (Å²) < 4.78 is 0. The average molecular weight is 595 g/mol. The van der Waals surface area contributed by atoms with Gasteiger partial charge in [0.1, 0.15) is 6.04 Å². The third-order valence-corrected chi connectivity index (χ3v) is 8.36. The van der Waals surface area contributed by atoms with Crippen molar-refractivity contribution in [3.05, 3.63) is 83.4 Å². The maximum atomic E-state index is 13.6. The van der Waals surface area contributed by atoms with Gasteiger partial charge in [0.25, 0.3) is 5.91 Å². The van der Waals surface area contributed by atoms with Crippen molar-refractivity contribution in [2.24, 2.45) is 17.6 Å². The smallest absolute Gasteiger partial charge is 0.251 e. The van der Waals surface area contributed by atoms with Crippen LogP contribution in [0.3, 0.4) is 0 Å². The van der Waals surface area contributed by atoms with Gasteiger partial charge in [-0.05, 0) is 109 Å². The first-order valence-corrected chi connectivity index (χ1v) is 14.9. The van der Waals surface area contributed by atoms with Crippen LogP contribution in [0.2, 0.25) is 0 Å². The highest BCUT2D eigenvalue weighted by Crippen LogP contribution is 2.29. The van der Waals surface area contributed by atoms with Crippen molar-refractivity contribution in [1.29, 1.82) is 0 Å². The second-order valence-corrected chi connectivity index (χ2v) is 11.3. The fourth-order valence-corrected chi connectivity index (χ4v) is 5.70. The number of tetrazole rings is 1. The van der Waals surface area contributed by atoms with E-state index >= 15 is 0 Å². The van der Waals surface area contributed by atoms with Crippen molar-refractivity contribution in [3.63, 3.8) is 0 Å². The number of hydrogen-bond acceptors (Lipinski definition) is 7. The summed E-state index contributed by atoms with van der Waals surface area (Å²) >= 11 is 0. The van der Waals surface area contributed by atoms with Gasteiger partial charge in [-0.2, -0.15) is 5.21 Å². The van der Waals surface area contributed by atoms with E-state index in [1.54, 1.807) is 37.4 Å². The van der Waals surface area contributed by atoms with Crippen molar-refractivity contribution in [2.45, 2.75) is 45.1 Å². The Labute approximate surface area is 256 Å². The highest BCUT2D eigenvalue weighted by molar-refractivity contribution is 5.98.